The zero-order valence-electron chi connectivity index (χ0n) is 11.4. The minimum Gasteiger partial charge on any atom is -0.272 e. The minimum absolute atomic E-state index is 0.160. The molecular formula is C16H12F2N2OS. The van der Waals surface area contributed by atoms with Crippen molar-refractivity contribution in [3.8, 4) is 0 Å². The lowest BCUT2D eigenvalue weighted by Crippen LogP contribution is -2.22. The largest absolute Gasteiger partial charge is 0.272 e. The maximum absolute atomic E-state index is 13.3. The molecule has 1 atom stereocenters. The summed E-state index contributed by atoms with van der Waals surface area (Å²) in [5.74, 6) is -0.604. The number of hydrogen-bond donors (Lipinski definition) is 0. The zero-order chi connectivity index (χ0) is 15.5. The minimum atomic E-state index is -0.368. The van der Waals surface area contributed by atoms with Gasteiger partial charge in [-0.1, -0.05) is 24.3 Å². The van der Waals surface area contributed by atoms with Gasteiger partial charge < -0.3 is 0 Å². The van der Waals surface area contributed by atoms with Gasteiger partial charge in [0.2, 0.25) is 0 Å². The van der Waals surface area contributed by atoms with Crippen LogP contribution in [0.5, 0.6) is 0 Å². The third-order valence-electron chi connectivity index (χ3n) is 3.16. The molecule has 0 aliphatic carbocycles. The van der Waals surface area contributed by atoms with Crippen LogP contribution < -0.4 is 0 Å². The van der Waals surface area contributed by atoms with Crippen LogP contribution in [0.15, 0.2) is 53.6 Å². The van der Waals surface area contributed by atoms with Gasteiger partial charge in [-0.25, -0.2) is 13.8 Å². The first kappa shape index (κ1) is 14.7. The SMILES string of the molecule is O=C1CSC(c2cccc(F)c2)N1/N=C/c1cccc(F)c1. The van der Waals surface area contributed by atoms with Crippen molar-refractivity contribution in [2.75, 3.05) is 5.75 Å². The molecular weight excluding hydrogens is 306 g/mol. The Balaban J connectivity index is 1.85. The van der Waals surface area contributed by atoms with E-state index >= 15 is 0 Å². The van der Waals surface area contributed by atoms with E-state index in [1.807, 2.05) is 0 Å². The van der Waals surface area contributed by atoms with Gasteiger partial charge in [0.05, 0.1) is 12.0 Å². The predicted octanol–water partition coefficient (Wildman–Crippen LogP) is 3.57. The molecule has 1 aliphatic rings. The van der Waals surface area contributed by atoms with E-state index in [0.717, 1.165) is 0 Å². The Morgan fingerprint density at radius 3 is 2.59 bits per heavy atom. The van der Waals surface area contributed by atoms with Crippen LogP contribution in [0.3, 0.4) is 0 Å². The van der Waals surface area contributed by atoms with Gasteiger partial charge >= 0.3 is 0 Å². The molecule has 1 heterocycles. The molecule has 0 bridgehead atoms. The van der Waals surface area contributed by atoms with Gasteiger partial charge in [-0.15, -0.1) is 11.8 Å². The van der Waals surface area contributed by atoms with Gasteiger partial charge in [0.25, 0.3) is 5.91 Å². The van der Waals surface area contributed by atoms with Crippen LogP contribution in [0.4, 0.5) is 8.78 Å². The highest BCUT2D eigenvalue weighted by Gasteiger charge is 2.32. The standard InChI is InChI=1S/C16H12F2N2OS/c17-13-5-1-3-11(7-13)9-19-20-15(21)10-22-16(20)12-4-2-6-14(18)8-12/h1-9,16H,10H2/b19-9+. The summed E-state index contributed by atoms with van der Waals surface area (Å²) in [6.45, 7) is 0. The van der Waals surface area contributed by atoms with Gasteiger partial charge in [0, 0.05) is 0 Å². The van der Waals surface area contributed by atoms with E-state index in [2.05, 4.69) is 5.10 Å². The summed E-state index contributed by atoms with van der Waals surface area (Å²) < 4.78 is 26.5. The fraction of sp³-hybridized carbons (Fsp3) is 0.125. The predicted molar refractivity (Wildman–Crippen MR) is 82.4 cm³/mol. The molecule has 1 aliphatic heterocycles. The van der Waals surface area contributed by atoms with E-state index in [9.17, 15) is 13.6 Å². The molecule has 2 aromatic carbocycles. The van der Waals surface area contributed by atoms with Gasteiger partial charge in [0.15, 0.2) is 0 Å². The summed E-state index contributed by atoms with van der Waals surface area (Å²) in [7, 11) is 0. The summed E-state index contributed by atoms with van der Waals surface area (Å²) >= 11 is 1.38. The second-order valence-electron chi connectivity index (χ2n) is 4.76. The summed E-state index contributed by atoms with van der Waals surface area (Å²) in [4.78, 5) is 12.0. The Morgan fingerprint density at radius 2 is 1.86 bits per heavy atom. The first-order valence-electron chi connectivity index (χ1n) is 6.62. The number of nitrogens with zero attached hydrogens (tertiary/aromatic N) is 2. The first-order valence-corrected chi connectivity index (χ1v) is 7.67. The number of amides is 1. The lowest BCUT2D eigenvalue weighted by molar-refractivity contribution is -0.128. The summed E-state index contributed by atoms with van der Waals surface area (Å²) in [5.41, 5.74) is 1.23. The normalized spacial score (nSPS) is 18.4. The van der Waals surface area contributed by atoms with Crippen molar-refractivity contribution in [2.24, 2.45) is 5.10 Å². The molecule has 0 spiro atoms. The average Bonchev–Trinajstić information content (AvgIpc) is 2.86. The van der Waals surface area contributed by atoms with Crippen molar-refractivity contribution in [1.29, 1.82) is 0 Å². The van der Waals surface area contributed by atoms with Crippen molar-refractivity contribution in [3.63, 3.8) is 0 Å². The summed E-state index contributed by atoms with van der Waals surface area (Å²) in [5, 5.41) is 5.09. The number of benzene rings is 2. The van der Waals surface area contributed by atoms with E-state index in [4.69, 9.17) is 0 Å². The zero-order valence-corrected chi connectivity index (χ0v) is 12.3. The molecule has 22 heavy (non-hydrogen) atoms. The number of rotatable bonds is 3. The Hall–Kier alpha value is -2.21. The molecule has 6 heteroatoms. The van der Waals surface area contributed by atoms with Crippen LogP contribution in [-0.4, -0.2) is 22.9 Å². The Bertz CT molecular complexity index is 736. The number of thioether (sulfide) groups is 1. The Morgan fingerprint density at radius 1 is 1.14 bits per heavy atom. The monoisotopic (exact) mass is 318 g/mol. The third-order valence-corrected chi connectivity index (χ3v) is 4.36. The van der Waals surface area contributed by atoms with Crippen LogP contribution in [0, 0.1) is 11.6 Å². The topological polar surface area (TPSA) is 32.7 Å². The fourth-order valence-corrected chi connectivity index (χ4v) is 3.24. The van der Waals surface area contributed by atoms with Crippen LogP contribution in [-0.2, 0) is 4.79 Å². The first-order chi connectivity index (χ1) is 10.6. The van der Waals surface area contributed by atoms with E-state index < -0.39 is 0 Å². The van der Waals surface area contributed by atoms with Crippen molar-refractivity contribution in [1.82, 2.24) is 5.01 Å². The molecule has 3 rings (SSSR count). The van der Waals surface area contributed by atoms with Gasteiger partial charge in [-0.3, -0.25) is 4.79 Å². The Labute approximate surface area is 130 Å². The van der Waals surface area contributed by atoms with Crippen molar-refractivity contribution >= 4 is 23.9 Å². The van der Waals surface area contributed by atoms with E-state index in [-0.39, 0.29) is 28.7 Å². The van der Waals surface area contributed by atoms with Gasteiger partial charge in [-0.2, -0.15) is 5.10 Å². The smallest absolute Gasteiger partial charge is 0.254 e. The maximum Gasteiger partial charge on any atom is 0.254 e. The van der Waals surface area contributed by atoms with Crippen LogP contribution >= 0.6 is 11.8 Å². The lowest BCUT2D eigenvalue weighted by atomic mass is 10.2. The summed E-state index contributed by atoms with van der Waals surface area (Å²) in [6.07, 6.45) is 1.43. The van der Waals surface area contributed by atoms with Crippen LogP contribution in [0.1, 0.15) is 16.5 Å². The number of carbonyl (C=O) groups is 1. The molecule has 1 unspecified atom stereocenters. The van der Waals surface area contributed by atoms with Gasteiger partial charge in [0.1, 0.15) is 17.0 Å². The number of carbonyl (C=O) groups excluding carboxylic acids is 1. The molecule has 1 saturated heterocycles. The summed E-state index contributed by atoms with van der Waals surface area (Å²) in [6, 6.07) is 12.0. The number of halogens is 2. The number of hydrazone groups is 1. The molecule has 0 N–H and O–H groups in total. The van der Waals surface area contributed by atoms with Crippen molar-refractivity contribution < 1.29 is 13.6 Å². The quantitative estimate of drug-likeness (QED) is 0.811. The highest BCUT2D eigenvalue weighted by atomic mass is 32.2. The molecule has 0 saturated carbocycles. The molecule has 3 nitrogen and oxygen atoms in total. The second-order valence-corrected chi connectivity index (χ2v) is 5.82. The Kier molecular flexibility index (Phi) is 4.20. The van der Waals surface area contributed by atoms with E-state index in [1.165, 1.54) is 47.3 Å². The lowest BCUT2D eigenvalue weighted by Gasteiger charge is -2.18. The van der Waals surface area contributed by atoms with E-state index in [0.29, 0.717) is 11.1 Å². The molecule has 2 aromatic rings. The maximum atomic E-state index is 13.3. The highest BCUT2D eigenvalue weighted by molar-refractivity contribution is 8.00. The molecule has 0 radical (unpaired) electrons. The highest BCUT2D eigenvalue weighted by Crippen LogP contribution is 2.38. The molecule has 112 valence electrons. The molecule has 1 fully saturated rings. The fourth-order valence-electron chi connectivity index (χ4n) is 2.16. The van der Waals surface area contributed by atoms with Crippen molar-refractivity contribution in [2.45, 2.75) is 5.37 Å². The average molecular weight is 318 g/mol. The molecule has 1 amide bonds. The van der Waals surface area contributed by atoms with Crippen molar-refractivity contribution in [3.05, 3.63) is 71.3 Å². The van der Waals surface area contributed by atoms with E-state index in [1.54, 1.807) is 24.3 Å². The van der Waals surface area contributed by atoms with Crippen LogP contribution in [0.2, 0.25) is 0 Å². The van der Waals surface area contributed by atoms with Gasteiger partial charge in [-0.05, 0) is 35.4 Å². The number of hydrogen-bond acceptors (Lipinski definition) is 3. The van der Waals surface area contributed by atoms with Crippen LogP contribution in [0.25, 0.3) is 0 Å². The molecule has 0 aromatic heterocycles. The second kappa shape index (κ2) is 6.27. The third kappa shape index (κ3) is 3.17.